The molecule has 0 bridgehead atoms. The van der Waals surface area contributed by atoms with Gasteiger partial charge in [0.2, 0.25) is 0 Å². The minimum absolute atomic E-state index is 0.00700. The number of pyridine rings is 1. The van der Waals surface area contributed by atoms with Crippen molar-refractivity contribution in [2.24, 2.45) is 5.92 Å². The number of nitriles is 1. The molecule has 110 valence electrons. The number of amides is 1. The molecule has 0 aromatic carbocycles. The van der Waals surface area contributed by atoms with Gasteiger partial charge in [-0.3, -0.25) is 4.79 Å². The minimum Gasteiger partial charge on any atom is -0.334 e. The Labute approximate surface area is 125 Å². The van der Waals surface area contributed by atoms with Crippen LogP contribution < -0.4 is 5.32 Å². The SMILES string of the molecule is N#Cc1ccc(C(=O)N(CC2CCCNC2)C2CC2)nc1. The summed E-state index contributed by atoms with van der Waals surface area (Å²) in [6, 6.07) is 5.74. The van der Waals surface area contributed by atoms with E-state index < -0.39 is 0 Å². The minimum atomic E-state index is 0.00700. The second-order valence-corrected chi connectivity index (χ2v) is 5.94. The Morgan fingerprint density at radius 1 is 1.43 bits per heavy atom. The fourth-order valence-corrected chi connectivity index (χ4v) is 2.88. The molecule has 1 aliphatic carbocycles. The average Bonchev–Trinajstić information content (AvgIpc) is 3.38. The summed E-state index contributed by atoms with van der Waals surface area (Å²) in [6.45, 7) is 2.90. The summed E-state index contributed by atoms with van der Waals surface area (Å²) in [5.41, 5.74) is 0.936. The first-order valence-electron chi connectivity index (χ1n) is 7.66. The molecule has 2 aliphatic rings. The molecule has 1 saturated heterocycles. The molecule has 5 heteroatoms. The summed E-state index contributed by atoms with van der Waals surface area (Å²) in [4.78, 5) is 18.8. The summed E-state index contributed by atoms with van der Waals surface area (Å²) in [6.07, 6.45) is 6.04. The third-order valence-electron chi connectivity index (χ3n) is 4.21. The van der Waals surface area contributed by atoms with E-state index in [0.717, 1.165) is 32.5 Å². The van der Waals surface area contributed by atoms with Crippen molar-refractivity contribution in [3.63, 3.8) is 0 Å². The Bertz CT molecular complexity index is 538. The average molecular weight is 284 g/mol. The predicted molar refractivity (Wildman–Crippen MR) is 78.6 cm³/mol. The molecule has 2 fully saturated rings. The highest BCUT2D eigenvalue weighted by molar-refractivity contribution is 5.92. The molecule has 3 rings (SSSR count). The fourth-order valence-electron chi connectivity index (χ4n) is 2.88. The van der Waals surface area contributed by atoms with E-state index in [1.807, 2.05) is 11.0 Å². The molecule has 1 saturated carbocycles. The monoisotopic (exact) mass is 284 g/mol. The van der Waals surface area contributed by atoms with Crippen LogP contribution in [0.25, 0.3) is 0 Å². The van der Waals surface area contributed by atoms with Crippen LogP contribution in [-0.2, 0) is 0 Å². The topological polar surface area (TPSA) is 69.0 Å². The first kappa shape index (κ1) is 14.0. The van der Waals surface area contributed by atoms with Gasteiger partial charge >= 0.3 is 0 Å². The number of hydrogen-bond acceptors (Lipinski definition) is 4. The van der Waals surface area contributed by atoms with Gasteiger partial charge in [0.1, 0.15) is 11.8 Å². The van der Waals surface area contributed by atoms with E-state index in [1.165, 1.54) is 19.0 Å². The molecule has 0 spiro atoms. The standard InChI is InChI=1S/C16H20N4O/c17-8-12-3-6-15(19-10-12)16(21)20(14-4-5-14)11-13-2-1-7-18-9-13/h3,6,10,13-14,18H,1-2,4-5,7,9,11H2. The fraction of sp³-hybridized carbons (Fsp3) is 0.562. The predicted octanol–water partition coefficient (Wildman–Crippen LogP) is 1.56. The lowest BCUT2D eigenvalue weighted by molar-refractivity contribution is 0.0698. The maximum Gasteiger partial charge on any atom is 0.272 e. The van der Waals surface area contributed by atoms with Crippen molar-refractivity contribution in [2.75, 3.05) is 19.6 Å². The number of aromatic nitrogens is 1. The lowest BCUT2D eigenvalue weighted by atomic mass is 9.99. The van der Waals surface area contributed by atoms with Crippen LogP contribution in [0.5, 0.6) is 0 Å². The van der Waals surface area contributed by atoms with Gasteiger partial charge in [0.25, 0.3) is 5.91 Å². The maximum absolute atomic E-state index is 12.7. The van der Waals surface area contributed by atoms with E-state index in [-0.39, 0.29) is 5.91 Å². The zero-order chi connectivity index (χ0) is 14.7. The summed E-state index contributed by atoms with van der Waals surface area (Å²) >= 11 is 0. The largest absolute Gasteiger partial charge is 0.334 e. The van der Waals surface area contributed by atoms with Gasteiger partial charge in [0.05, 0.1) is 5.56 Å². The summed E-state index contributed by atoms with van der Waals surface area (Å²) in [7, 11) is 0. The second-order valence-electron chi connectivity index (χ2n) is 5.94. The van der Waals surface area contributed by atoms with Gasteiger partial charge in [0.15, 0.2) is 0 Å². The molecule has 1 aromatic rings. The van der Waals surface area contributed by atoms with Gasteiger partial charge in [-0.1, -0.05) is 0 Å². The highest BCUT2D eigenvalue weighted by Crippen LogP contribution is 2.29. The Kier molecular flexibility index (Phi) is 4.16. The third-order valence-corrected chi connectivity index (χ3v) is 4.21. The number of nitrogens with one attached hydrogen (secondary N) is 1. The molecule has 5 nitrogen and oxygen atoms in total. The van der Waals surface area contributed by atoms with Gasteiger partial charge in [-0.15, -0.1) is 0 Å². The van der Waals surface area contributed by atoms with Crippen LogP contribution in [0.4, 0.5) is 0 Å². The zero-order valence-corrected chi connectivity index (χ0v) is 12.1. The first-order valence-corrected chi connectivity index (χ1v) is 7.66. The summed E-state index contributed by atoms with van der Waals surface area (Å²) in [5.74, 6) is 0.550. The molecule has 1 amide bonds. The van der Waals surface area contributed by atoms with Crippen LogP contribution in [0.15, 0.2) is 18.3 Å². The van der Waals surface area contributed by atoms with E-state index in [0.29, 0.717) is 23.2 Å². The molecular weight excluding hydrogens is 264 g/mol. The molecule has 0 radical (unpaired) electrons. The number of carbonyl (C=O) groups excluding carboxylic acids is 1. The maximum atomic E-state index is 12.7. The summed E-state index contributed by atoms with van der Waals surface area (Å²) in [5, 5.41) is 12.2. The van der Waals surface area contributed by atoms with Crippen molar-refractivity contribution in [1.82, 2.24) is 15.2 Å². The van der Waals surface area contributed by atoms with Gasteiger partial charge < -0.3 is 10.2 Å². The molecule has 1 unspecified atom stereocenters. The quantitative estimate of drug-likeness (QED) is 0.911. The van der Waals surface area contributed by atoms with E-state index in [4.69, 9.17) is 5.26 Å². The van der Waals surface area contributed by atoms with Crippen molar-refractivity contribution in [3.05, 3.63) is 29.6 Å². The first-order chi connectivity index (χ1) is 10.3. The molecule has 2 heterocycles. The van der Waals surface area contributed by atoms with E-state index in [2.05, 4.69) is 10.3 Å². The molecule has 1 aromatic heterocycles. The molecule has 1 aliphatic heterocycles. The van der Waals surface area contributed by atoms with Gasteiger partial charge in [-0.2, -0.15) is 5.26 Å². The van der Waals surface area contributed by atoms with Gasteiger partial charge in [-0.05, 0) is 56.8 Å². The normalized spacial score (nSPS) is 21.6. The van der Waals surface area contributed by atoms with Gasteiger partial charge in [0, 0.05) is 18.8 Å². The second kappa shape index (κ2) is 6.23. The van der Waals surface area contributed by atoms with Crippen LogP contribution >= 0.6 is 0 Å². The third kappa shape index (κ3) is 3.40. The Hall–Kier alpha value is -1.93. The van der Waals surface area contributed by atoms with Crippen LogP contribution in [0.3, 0.4) is 0 Å². The van der Waals surface area contributed by atoms with Crippen LogP contribution in [-0.4, -0.2) is 41.5 Å². The number of hydrogen-bond donors (Lipinski definition) is 1. The van der Waals surface area contributed by atoms with Crippen LogP contribution in [0.1, 0.15) is 41.7 Å². The molecule has 1 atom stereocenters. The van der Waals surface area contributed by atoms with E-state index in [1.54, 1.807) is 12.1 Å². The molecule has 1 N–H and O–H groups in total. The number of nitrogens with zero attached hydrogens (tertiary/aromatic N) is 3. The highest BCUT2D eigenvalue weighted by atomic mass is 16.2. The molecular formula is C16H20N4O. The van der Waals surface area contributed by atoms with E-state index in [9.17, 15) is 4.79 Å². The molecule has 21 heavy (non-hydrogen) atoms. The van der Waals surface area contributed by atoms with Crippen LogP contribution in [0.2, 0.25) is 0 Å². The Morgan fingerprint density at radius 2 is 2.29 bits per heavy atom. The van der Waals surface area contributed by atoms with Crippen molar-refractivity contribution in [2.45, 2.75) is 31.7 Å². The summed E-state index contributed by atoms with van der Waals surface area (Å²) < 4.78 is 0. The zero-order valence-electron chi connectivity index (χ0n) is 12.1. The lowest BCUT2D eigenvalue weighted by Gasteiger charge is -2.30. The number of piperidine rings is 1. The van der Waals surface area contributed by atoms with Gasteiger partial charge in [-0.25, -0.2) is 4.98 Å². The Balaban J connectivity index is 1.70. The number of carbonyl (C=O) groups is 1. The highest BCUT2D eigenvalue weighted by Gasteiger charge is 2.35. The number of rotatable bonds is 4. The smallest absolute Gasteiger partial charge is 0.272 e. The van der Waals surface area contributed by atoms with Crippen molar-refractivity contribution in [3.8, 4) is 6.07 Å². The van der Waals surface area contributed by atoms with E-state index >= 15 is 0 Å². The van der Waals surface area contributed by atoms with Crippen molar-refractivity contribution < 1.29 is 4.79 Å². The van der Waals surface area contributed by atoms with Crippen molar-refractivity contribution >= 4 is 5.91 Å². The van der Waals surface area contributed by atoms with Crippen LogP contribution in [0, 0.1) is 17.2 Å². The Morgan fingerprint density at radius 3 is 2.86 bits per heavy atom. The lowest BCUT2D eigenvalue weighted by Crippen LogP contribution is -2.42. The van der Waals surface area contributed by atoms with Crippen molar-refractivity contribution in [1.29, 1.82) is 5.26 Å².